The fraction of sp³-hybridized carbons (Fsp3) is 0.0714. The van der Waals surface area contributed by atoms with Gasteiger partial charge in [-0.05, 0) is 11.6 Å². The van der Waals surface area contributed by atoms with Crippen LogP contribution in [0, 0.1) is 0 Å². The third kappa shape index (κ3) is 1.93. The Morgan fingerprint density at radius 3 is 2.72 bits per heavy atom. The van der Waals surface area contributed by atoms with Crippen molar-refractivity contribution >= 4 is 22.5 Å². The highest BCUT2D eigenvalue weighted by Gasteiger charge is 2.09. The van der Waals surface area contributed by atoms with Crippen molar-refractivity contribution in [2.75, 3.05) is 0 Å². The predicted octanol–water partition coefficient (Wildman–Crippen LogP) is 3.51. The zero-order valence-corrected chi connectivity index (χ0v) is 10.3. The maximum absolute atomic E-state index is 9.53. The summed E-state index contributed by atoms with van der Waals surface area (Å²) in [6, 6.07) is 13.4. The second-order valence-electron chi connectivity index (χ2n) is 4.19. The number of aromatic amines is 1. The maximum atomic E-state index is 9.53. The topological polar surface area (TPSA) is 48.9 Å². The summed E-state index contributed by atoms with van der Waals surface area (Å²) in [6.45, 7) is 0. The first-order valence-electron chi connectivity index (χ1n) is 5.63. The first-order valence-corrected chi connectivity index (χ1v) is 6.01. The number of aromatic nitrogens is 2. The molecule has 0 unspecified atom stereocenters. The predicted molar refractivity (Wildman–Crippen MR) is 72.0 cm³/mol. The molecule has 4 heteroatoms. The van der Waals surface area contributed by atoms with Crippen molar-refractivity contribution in [1.82, 2.24) is 10.2 Å². The summed E-state index contributed by atoms with van der Waals surface area (Å²) in [5, 5.41) is 18.0. The minimum Gasteiger partial charge on any atom is -0.506 e. The van der Waals surface area contributed by atoms with E-state index >= 15 is 0 Å². The Labute approximate surface area is 109 Å². The van der Waals surface area contributed by atoms with E-state index in [1.165, 1.54) is 5.56 Å². The second kappa shape index (κ2) is 4.35. The summed E-state index contributed by atoms with van der Waals surface area (Å²) in [5.74, 6) is 0.0573. The molecule has 0 fully saturated rings. The number of nitrogens with zero attached hydrogens (tertiary/aromatic N) is 1. The van der Waals surface area contributed by atoms with Crippen LogP contribution in [0.1, 0.15) is 11.3 Å². The number of phenolic OH excluding ortho intramolecular Hbond substituents is 1. The molecule has 90 valence electrons. The van der Waals surface area contributed by atoms with Gasteiger partial charge in [-0.25, -0.2) is 0 Å². The van der Waals surface area contributed by atoms with Crippen LogP contribution >= 0.6 is 11.6 Å². The van der Waals surface area contributed by atoms with Crippen molar-refractivity contribution in [3.63, 3.8) is 0 Å². The molecule has 0 radical (unpaired) electrons. The van der Waals surface area contributed by atoms with E-state index < -0.39 is 0 Å². The van der Waals surface area contributed by atoms with Gasteiger partial charge < -0.3 is 5.11 Å². The molecule has 2 aromatic carbocycles. The SMILES string of the molecule is Oc1cc2n[nH]c(Cc3ccccc3)c2cc1Cl. The first-order chi connectivity index (χ1) is 8.74. The average Bonchev–Trinajstić information content (AvgIpc) is 2.74. The third-order valence-electron chi connectivity index (χ3n) is 2.93. The fourth-order valence-electron chi connectivity index (χ4n) is 2.01. The van der Waals surface area contributed by atoms with Gasteiger partial charge in [-0.15, -0.1) is 0 Å². The standard InChI is InChI=1S/C14H11ClN2O/c15-11-7-10-12(6-9-4-2-1-3-5-9)16-17-13(10)8-14(11)18/h1-5,7-8,18H,6H2,(H,16,17). The average molecular weight is 259 g/mol. The van der Waals surface area contributed by atoms with E-state index in [9.17, 15) is 5.11 Å². The molecule has 0 amide bonds. The van der Waals surface area contributed by atoms with Crippen molar-refractivity contribution < 1.29 is 5.11 Å². The number of H-pyrrole nitrogens is 1. The van der Waals surface area contributed by atoms with Crippen LogP contribution < -0.4 is 0 Å². The Balaban J connectivity index is 2.05. The molecule has 2 N–H and O–H groups in total. The van der Waals surface area contributed by atoms with Crippen LogP contribution in [-0.2, 0) is 6.42 Å². The zero-order valence-electron chi connectivity index (χ0n) is 9.52. The molecule has 0 saturated heterocycles. The summed E-state index contributed by atoms with van der Waals surface area (Å²) in [5.41, 5.74) is 2.92. The minimum atomic E-state index is 0.0573. The highest BCUT2D eigenvalue weighted by molar-refractivity contribution is 6.32. The second-order valence-corrected chi connectivity index (χ2v) is 4.59. The molecule has 0 saturated carbocycles. The van der Waals surface area contributed by atoms with E-state index in [0.717, 1.165) is 23.0 Å². The summed E-state index contributed by atoms with van der Waals surface area (Å²) in [7, 11) is 0. The molecule has 1 heterocycles. The highest BCUT2D eigenvalue weighted by atomic mass is 35.5. The van der Waals surface area contributed by atoms with E-state index in [0.29, 0.717) is 5.02 Å². The molecule has 3 aromatic rings. The number of hydrogen-bond acceptors (Lipinski definition) is 2. The smallest absolute Gasteiger partial charge is 0.136 e. The monoisotopic (exact) mass is 258 g/mol. The van der Waals surface area contributed by atoms with Gasteiger partial charge in [-0.3, -0.25) is 5.10 Å². The summed E-state index contributed by atoms with van der Waals surface area (Å²) in [4.78, 5) is 0. The van der Waals surface area contributed by atoms with E-state index in [-0.39, 0.29) is 5.75 Å². The lowest BCUT2D eigenvalue weighted by Crippen LogP contribution is -1.88. The lowest BCUT2D eigenvalue weighted by Gasteiger charge is -2.00. The number of benzene rings is 2. The molecular formula is C14H11ClN2O. The van der Waals surface area contributed by atoms with Gasteiger partial charge >= 0.3 is 0 Å². The van der Waals surface area contributed by atoms with E-state index in [1.807, 2.05) is 18.2 Å². The quantitative estimate of drug-likeness (QED) is 0.739. The third-order valence-corrected chi connectivity index (χ3v) is 3.23. The van der Waals surface area contributed by atoms with Crippen molar-refractivity contribution in [3.8, 4) is 5.75 Å². The minimum absolute atomic E-state index is 0.0573. The lowest BCUT2D eigenvalue weighted by molar-refractivity contribution is 0.476. The van der Waals surface area contributed by atoms with E-state index in [2.05, 4.69) is 22.3 Å². The van der Waals surface area contributed by atoms with E-state index in [1.54, 1.807) is 12.1 Å². The molecule has 0 atom stereocenters. The maximum Gasteiger partial charge on any atom is 0.136 e. The summed E-state index contributed by atoms with van der Waals surface area (Å²) < 4.78 is 0. The van der Waals surface area contributed by atoms with Gasteiger partial charge in [0.25, 0.3) is 0 Å². The van der Waals surface area contributed by atoms with Crippen molar-refractivity contribution in [2.24, 2.45) is 0 Å². The Bertz CT molecular complexity index is 692. The van der Waals surface area contributed by atoms with Crippen LogP contribution in [0.25, 0.3) is 10.9 Å². The normalized spacial score (nSPS) is 10.9. The Morgan fingerprint density at radius 1 is 1.17 bits per heavy atom. The van der Waals surface area contributed by atoms with Crippen LogP contribution in [0.5, 0.6) is 5.75 Å². The van der Waals surface area contributed by atoms with Crippen LogP contribution in [-0.4, -0.2) is 15.3 Å². The van der Waals surface area contributed by atoms with Crippen molar-refractivity contribution in [2.45, 2.75) is 6.42 Å². The van der Waals surface area contributed by atoms with E-state index in [4.69, 9.17) is 11.6 Å². The molecule has 0 aliphatic rings. The number of hydrogen-bond donors (Lipinski definition) is 2. The van der Waals surface area contributed by atoms with Crippen LogP contribution in [0.15, 0.2) is 42.5 Å². The molecular weight excluding hydrogens is 248 g/mol. The number of aromatic hydroxyl groups is 1. The Kier molecular flexibility index (Phi) is 2.68. The van der Waals surface area contributed by atoms with Gasteiger partial charge in [-0.2, -0.15) is 5.10 Å². The molecule has 0 aliphatic carbocycles. The number of rotatable bonds is 2. The summed E-state index contributed by atoms with van der Waals surface area (Å²) >= 11 is 5.93. The molecule has 18 heavy (non-hydrogen) atoms. The largest absolute Gasteiger partial charge is 0.506 e. The van der Waals surface area contributed by atoms with Crippen molar-refractivity contribution in [3.05, 3.63) is 58.7 Å². The van der Waals surface area contributed by atoms with Gasteiger partial charge in [0.15, 0.2) is 0 Å². The number of fused-ring (bicyclic) bond motifs is 1. The fourth-order valence-corrected chi connectivity index (χ4v) is 2.17. The number of phenols is 1. The summed E-state index contributed by atoms with van der Waals surface area (Å²) in [6.07, 6.45) is 0.762. The Morgan fingerprint density at radius 2 is 1.94 bits per heavy atom. The lowest BCUT2D eigenvalue weighted by atomic mass is 10.1. The molecule has 3 rings (SSSR count). The van der Waals surface area contributed by atoms with Gasteiger partial charge in [0.2, 0.25) is 0 Å². The molecule has 0 bridgehead atoms. The van der Waals surface area contributed by atoms with Gasteiger partial charge in [-0.1, -0.05) is 41.9 Å². The molecule has 0 spiro atoms. The molecule has 0 aliphatic heterocycles. The van der Waals surface area contributed by atoms with Gasteiger partial charge in [0.1, 0.15) is 5.75 Å². The van der Waals surface area contributed by atoms with Crippen molar-refractivity contribution in [1.29, 1.82) is 0 Å². The molecule has 1 aromatic heterocycles. The van der Waals surface area contributed by atoms with Crippen LogP contribution in [0.3, 0.4) is 0 Å². The molecule has 3 nitrogen and oxygen atoms in total. The zero-order chi connectivity index (χ0) is 12.5. The van der Waals surface area contributed by atoms with Crippen LogP contribution in [0.2, 0.25) is 5.02 Å². The number of halogens is 1. The number of nitrogens with one attached hydrogen (secondary N) is 1. The Hall–Kier alpha value is -2.00. The van der Waals surface area contributed by atoms with Crippen LogP contribution in [0.4, 0.5) is 0 Å². The van der Waals surface area contributed by atoms with Gasteiger partial charge in [0.05, 0.1) is 10.5 Å². The highest BCUT2D eigenvalue weighted by Crippen LogP contribution is 2.30. The first kappa shape index (κ1) is 11.1. The van der Waals surface area contributed by atoms with Gasteiger partial charge in [0, 0.05) is 23.6 Å².